The van der Waals surface area contributed by atoms with Gasteiger partial charge in [0.1, 0.15) is 0 Å². The van der Waals surface area contributed by atoms with Crippen molar-refractivity contribution in [1.29, 1.82) is 0 Å². The van der Waals surface area contributed by atoms with Crippen LogP contribution in [0.25, 0.3) is 11.3 Å². The van der Waals surface area contributed by atoms with Crippen LogP contribution in [0.4, 0.5) is 0 Å². The molecule has 1 N–H and O–H groups in total. The smallest absolute Gasteiger partial charge is 0.197 e. The van der Waals surface area contributed by atoms with Crippen molar-refractivity contribution < 1.29 is 0 Å². The number of aryl methyl sites for hydroxylation is 2. The first kappa shape index (κ1) is 11.0. The maximum Gasteiger partial charge on any atom is 0.197 e. The van der Waals surface area contributed by atoms with Gasteiger partial charge in [-0.3, -0.25) is 4.68 Å². The summed E-state index contributed by atoms with van der Waals surface area (Å²) >= 11 is 5.03. The fraction of sp³-hybridized carbons (Fsp3) is 0.364. The molecule has 0 saturated carbocycles. The third-order valence-corrected chi connectivity index (χ3v) is 2.83. The van der Waals surface area contributed by atoms with Crippen molar-refractivity contribution in [3.63, 3.8) is 0 Å². The van der Waals surface area contributed by atoms with Crippen LogP contribution >= 0.6 is 12.2 Å². The molecule has 0 aliphatic heterocycles. The number of aromatic amines is 1. The fourth-order valence-corrected chi connectivity index (χ4v) is 2.08. The van der Waals surface area contributed by atoms with Crippen molar-refractivity contribution in [2.75, 3.05) is 0 Å². The molecule has 2 heterocycles. The molecular formula is C11H14N4S. The lowest BCUT2D eigenvalue weighted by molar-refractivity contribution is 0.634. The van der Waals surface area contributed by atoms with Crippen molar-refractivity contribution >= 4 is 12.2 Å². The molecule has 0 radical (unpaired) electrons. The third-order valence-electron chi connectivity index (χ3n) is 2.62. The van der Waals surface area contributed by atoms with E-state index in [1.54, 1.807) is 6.20 Å². The van der Waals surface area contributed by atoms with Crippen LogP contribution in [-0.4, -0.2) is 19.7 Å². The average Bonchev–Trinajstić information content (AvgIpc) is 2.53. The second-order valence-electron chi connectivity index (χ2n) is 3.65. The lowest BCUT2D eigenvalue weighted by Crippen LogP contribution is -1.98. The zero-order valence-electron chi connectivity index (χ0n) is 9.61. The molecule has 0 saturated heterocycles. The first-order chi connectivity index (χ1) is 7.63. The molecule has 0 aliphatic rings. The number of rotatable bonds is 2. The molecule has 16 heavy (non-hydrogen) atoms. The van der Waals surface area contributed by atoms with Gasteiger partial charge in [-0.15, -0.1) is 0 Å². The van der Waals surface area contributed by atoms with Crippen molar-refractivity contribution in [2.24, 2.45) is 0 Å². The summed E-state index contributed by atoms with van der Waals surface area (Å²) in [6, 6.07) is 1.92. The Morgan fingerprint density at radius 3 is 2.75 bits per heavy atom. The summed E-state index contributed by atoms with van der Waals surface area (Å²) in [7, 11) is 0. The molecular weight excluding hydrogens is 220 g/mol. The Labute approximate surface area is 99.4 Å². The molecule has 0 atom stereocenters. The van der Waals surface area contributed by atoms with Crippen LogP contribution in [-0.2, 0) is 6.54 Å². The molecule has 0 aromatic carbocycles. The van der Waals surface area contributed by atoms with Crippen molar-refractivity contribution in [3.05, 3.63) is 28.4 Å². The highest BCUT2D eigenvalue weighted by Gasteiger charge is 2.12. The molecule has 0 unspecified atom stereocenters. The van der Waals surface area contributed by atoms with Crippen molar-refractivity contribution in [2.45, 2.75) is 27.3 Å². The maximum absolute atomic E-state index is 5.03. The third kappa shape index (κ3) is 1.78. The molecule has 2 rings (SSSR count). The Morgan fingerprint density at radius 2 is 2.19 bits per heavy atom. The van der Waals surface area contributed by atoms with Gasteiger partial charge >= 0.3 is 0 Å². The van der Waals surface area contributed by atoms with E-state index in [1.165, 1.54) is 0 Å². The van der Waals surface area contributed by atoms with Crippen LogP contribution in [0.1, 0.15) is 18.3 Å². The van der Waals surface area contributed by atoms with Gasteiger partial charge in [0.2, 0.25) is 0 Å². The normalized spacial score (nSPS) is 10.7. The number of hydrogen-bond acceptors (Lipinski definition) is 3. The van der Waals surface area contributed by atoms with Crippen molar-refractivity contribution in [1.82, 2.24) is 19.7 Å². The van der Waals surface area contributed by atoms with Gasteiger partial charge in [0.15, 0.2) is 4.77 Å². The Hall–Kier alpha value is -1.49. The van der Waals surface area contributed by atoms with Gasteiger partial charge in [0.25, 0.3) is 0 Å². The van der Waals surface area contributed by atoms with Crippen LogP contribution in [0.15, 0.2) is 12.3 Å². The van der Waals surface area contributed by atoms with Crippen LogP contribution in [0.3, 0.4) is 0 Å². The predicted octanol–water partition coefficient (Wildman–Crippen LogP) is 2.64. The summed E-state index contributed by atoms with van der Waals surface area (Å²) < 4.78 is 2.49. The van der Waals surface area contributed by atoms with Gasteiger partial charge in [-0.25, -0.2) is 4.98 Å². The first-order valence-electron chi connectivity index (χ1n) is 5.23. The predicted molar refractivity (Wildman–Crippen MR) is 65.8 cm³/mol. The molecule has 0 spiro atoms. The summed E-state index contributed by atoms with van der Waals surface area (Å²) in [6.45, 7) is 7.03. The summed E-state index contributed by atoms with van der Waals surface area (Å²) in [5.41, 5.74) is 4.26. The minimum atomic E-state index is 0.501. The van der Waals surface area contributed by atoms with E-state index in [1.807, 2.05) is 17.7 Å². The standard InChI is InChI=1S/C11H14N4S/c1-4-15-8(3)10(7(2)14-15)9-5-6-12-11(16)13-9/h5-6H,4H2,1-3H3,(H,12,13,16). The highest BCUT2D eigenvalue weighted by Crippen LogP contribution is 2.24. The van der Waals surface area contributed by atoms with E-state index in [2.05, 4.69) is 28.9 Å². The quantitative estimate of drug-likeness (QED) is 0.812. The van der Waals surface area contributed by atoms with Gasteiger partial charge in [-0.1, -0.05) is 0 Å². The molecule has 0 amide bonds. The SMILES string of the molecule is CCn1nc(C)c(-c2ccnc(=S)[nH]2)c1C. The molecule has 84 valence electrons. The second-order valence-corrected chi connectivity index (χ2v) is 4.04. The number of aromatic nitrogens is 4. The Balaban J connectivity index is 2.64. The topological polar surface area (TPSA) is 46.5 Å². The van der Waals surface area contributed by atoms with E-state index >= 15 is 0 Å². The van der Waals surface area contributed by atoms with Gasteiger partial charge in [0.05, 0.1) is 11.4 Å². The number of nitrogens with one attached hydrogen (secondary N) is 1. The molecule has 0 fully saturated rings. The minimum Gasteiger partial charge on any atom is -0.330 e. The highest BCUT2D eigenvalue weighted by atomic mass is 32.1. The van der Waals surface area contributed by atoms with Gasteiger partial charge < -0.3 is 4.98 Å². The fourth-order valence-electron chi connectivity index (χ4n) is 1.91. The monoisotopic (exact) mass is 234 g/mol. The average molecular weight is 234 g/mol. The number of nitrogens with zero attached hydrogens (tertiary/aromatic N) is 3. The minimum absolute atomic E-state index is 0.501. The number of hydrogen-bond donors (Lipinski definition) is 1. The molecule has 5 heteroatoms. The highest BCUT2D eigenvalue weighted by molar-refractivity contribution is 7.71. The maximum atomic E-state index is 5.03. The first-order valence-corrected chi connectivity index (χ1v) is 5.64. The number of H-pyrrole nitrogens is 1. The Morgan fingerprint density at radius 1 is 1.44 bits per heavy atom. The van der Waals surface area contributed by atoms with Gasteiger partial charge in [-0.05, 0) is 39.1 Å². The Bertz CT molecular complexity index is 568. The summed E-state index contributed by atoms with van der Waals surface area (Å²) in [5.74, 6) is 0. The lowest BCUT2D eigenvalue weighted by atomic mass is 10.1. The zero-order valence-corrected chi connectivity index (χ0v) is 10.4. The van der Waals surface area contributed by atoms with Crippen LogP contribution in [0.5, 0.6) is 0 Å². The summed E-state index contributed by atoms with van der Waals surface area (Å²) in [5, 5.41) is 4.48. The summed E-state index contributed by atoms with van der Waals surface area (Å²) in [4.78, 5) is 7.08. The molecule has 0 bridgehead atoms. The zero-order chi connectivity index (χ0) is 11.7. The van der Waals surface area contributed by atoms with E-state index in [9.17, 15) is 0 Å². The largest absolute Gasteiger partial charge is 0.330 e. The molecule has 2 aromatic rings. The van der Waals surface area contributed by atoms with E-state index in [-0.39, 0.29) is 0 Å². The van der Waals surface area contributed by atoms with Gasteiger partial charge in [0, 0.05) is 24.0 Å². The molecule has 2 aromatic heterocycles. The van der Waals surface area contributed by atoms with E-state index in [0.717, 1.165) is 29.2 Å². The molecule has 4 nitrogen and oxygen atoms in total. The van der Waals surface area contributed by atoms with Crippen molar-refractivity contribution in [3.8, 4) is 11.3 Å². The van der Waals surface area contributed by atoms with Crippen LogP contribution in [0.2, 0.25) is 0 Å². The summed E-state index contributed by atoms with van der Waals surface area (Å²) in [6.07, 6.45) is 1.72. The van der Waals surface area contributed by atoms with E-state index in [0.29, 0.717) is 4.77 Å². The molecule has 0 aliphatic carbocycles. The van der Waals surface area contributed by atoms with E-state index in [4.69, 9.17) is 12.2 Å². The van der Waals surface area contributed by atoms with Crippen LogP contribution in [0, 0.1) is 18.6 Å². The lowest BCUT2D eigenvalue weighted by Gasteiger charge is -2.02. The van der Waals surface area contributed by atoms with Crippen LogP contribution < -0.4 is 0 Å². The van der Waals surface area contributed by atoms with Gasteiger partial charge in [-0.2, -0.15) is 5.10 Å². The second kappa shape index (κ2) is 4.17. The van der Waals surface area contributed by atoms with E-state index < -0.39 is 0 Å². The Kier molecular flexibility index (Phi) is 2.87.